The number of hydrogen-bond donors (Lipinski definition) is 1. The van der Waals surface area contributed by atoms with Gasteiger partial charge in [0.15, 0.2) is 0 Å². The highest BCUT2D eigenvalue weighted by Crippen LogP contribution is 2.45. The summed E-state index contributed by atoms with van der Waals surface area (Å²) >= 11 is 0. The van der Waals surface area contributed by atoms with E-state index in [1.54, 1.807) is 0 Å². The molecule has 1 atom stereocenters. The Bertz CT molecular complexity index is 222. The Morgan fingerprint density at radius 2 is 1.24 bits per heavy atom. The van der Waals surface area contributed by atoms with Crippen LogP contribution in [0.5, 0.6) is 0 Å². The molecule has 17 heavy (non-hydrogen) atoms. The summed E-state index contributed by atoms with van der Waals surface area (Å²) < 4.78 is 0. The van der Waals surface area contributed by atoms with Crippen LogP contribution in [-0.4, -0.2) is 12.1 Å². The fourth-order valence-corrected chi connectivity index (χ4v) is 3.82. The normalized spacial score (nSPS) is 29.3. The molecule has 0 aromatic rings. The molecule has 3 saturated carbocycles. The minimum atomic E-state index is 0.777. The van der Waals surface area contributed by atoms with Gasteiger partial charge in [0, 0.05) is 12.1 Å². The second kappa shape index (κ2) is 5.30. The molecule has 0 aromatic heterocycles. The van der Waals surface area contributed by atoms with Crippen LogP contribution in [0.25, 0.3) is 0 Å². The molecule has 3 rings (SSSR count). The van der Waals surface area contributed by atoms with E-state index in [1.807, 2.05) is 0 Å². The maximum absolute atomic E-state index is 4.04. The van der Waals surface area contributed by atoms with Gasteiger partial charge in [-0.2, -0.15) is 0 Å². The molecule has 1 nitrogen and oxygen atoms in total. The van der Waals surface area contributed by atoms with Crippen LogP contribution in [-0.2, 0) is 0 Å². The standard InChI is InChI=1S/C16H29N/c1-12(13-6-4-2-3-5-7-13)17-16(14-8-9-14)15-10-11-15/h12-17H,2-11H2,1H3/t12-/m0/s1. The predicted octanol–water partition coefficient (Wildman–Crippen LogP) is 4.12. The van der Waals surface area contributed by atoms with Gasteiger partial charge in [0.2, 0.25) is 0 Å². The molecule has 0 unspecified atom stereocenters. The molecule has 3 aliphatic carbocycles. The largest absolute Gasteiger partial charge is 0.311 e. The third kappa shape index (κ3) is 3.24. The molecule has 0 spiro atoms. The predicted molar refractivity (Wildman–Crippen MR) is 73.0 cm³/mol. The van der Waals surface area contributed by atoms with Gasteiger partial charge in [-0.05, 0) is 63.2 Å². The van der Waals surface area contributed by atoms with Crippen molar-refractivity contribution in [3.8, 4) is 0 Å². The lowest BCUT2D eigenvalue weighted by Crippen LogP contribution is -2.43. The van der Waals surface area contributed by atoms with Crippen LogP contribution in [0.1, 0.15) is 71.1 Å². The summed E-state index contributed by atoms with van der Waals surface area (Å²) in [5, 5.41) is 4.04. The van der Waals surface area contributed by atoms with E-state index in [2.05, 4.69) is 12.2 Å². The highest BCUT2D eigenvalue weighted by molar-refractivity contribution is 4.97. The van der Waals surface area contributed by atoms with Gasteiger partial charge < -0.3 is 5.32 Å². The summed E-state index contributed by atoms with van der Waals surface area (Å²) in [6, 6.07) is 1.67. The molecule has 1 heteroatoms. The molecule has 3 aliphatic rings. The fraction of sp³-hybridized carbons (Fsp3) is 1.00. The second-order valence-corrected chi connectivity index (χ2v) is 6.91. The number of nitrogens with one attached hydrogen (secondary N) is 1. The highest BCUT2D eigenvalue weighted by atomic mass is 15.0. The maximum atomic E-state index is 4.04. The van der Waals surface area contributed by atoms with E-state index >= 15 is 0 Å². The van der Waals surface area contributed by atoms with Gasteiger partial charge in [0.05, 0.1) is 0 Å². The molecule has 0 amide bonds. The van der Waals surface area contributed by atoms with Gasteiger partial charge in [-0.3, -0.25) is 0 Å². The molecular formula is C16H29N. The van der Waals surface area contributed by atoms with Gasteiger partial charge in [-0.25, -0.2) is 0 Å². The average molecular weight is 235 g/mol. The quantitative estimate of drug-likeness (QED) is 0.707. The molecule has 0 bridgehead atoms. The van der Waals surface area contributed by atoms with Crippen molar-refractivity contribution < 1.29 is 0 Å². The topological polar surface area (TPSA) is 12.0 Å². The summed E-state index contributed by atoms with van der Waals surface area (Å²) in [6.45, 7) is 2.47. The Balaban J connectivity index is 1.51. The van der Waals surface area contributed by atoms with Gasteiger partial charge in [-0.1, -0.05) is 25.7 Å². The molecule has 98 valence electrons. The molecule has 0 aliphatic heterocycles. The van der Waals surface area contributed by atoms with Crippen LogP contribution in [0.3, 0.4) is 0 Å². The maximum Gasteiger partial charge on any atom is 0.0126 e. The van der Waals surface area contributed by atoms with Crippen molar-refractivity contribution in [3.05, 3.63) is 0 Å². The zero-order chi connectivity index (χ0) is 11.7. The Hall–Kier alpha value is -0.0400. The molecule has 1 N–H and O–H groups in total. The summed E-state index contributed by atoms with van der Waals surface area (Å²) in [5.41, 5.74) is 0. The van der Waals surface area contributed by atoms with E-state index in [0.29, 0.717) is 0 Å². The van der Waals surface area contributed by atoms with Crippen molar-refractivity contribution in [2.45, 2.75) is 83.2 Å². The average Bonchev–Trinajstić information content (AvgIpc) is 3.24. The van der Waals surface area contributed by atoms with E-state index < -0.39 is 0 Å². The van der Waals surface area contributed by atoms with Gasteiger partial charge in [-0.15, -0.1) is 0 Å². The third-order valence-electron chi connectivity index (χ3n) is 5.32. The van der Waals surface area contributed by atoms with E-state index in [9.17, 15) is 0 Å². The zero-order valence-corrected chi connectivity index (χ0v) is 11.5. The van der Waals surface area contributed by atoms with Crippen LogP contribution in [0.15, 0.2) is 0 Å². The molecule has 3 fully saturated rings. The van der Waals surface area contributed by atoms with Crippen molar-refractivity contribution in [2.75, 3.05) is 0 Å². The molecular weight excluding hydrogens is 206 g/mol. The SMILES string of the molecule is C[C@H](NC(C1CC1)C1CC1)C1CCCCCC1. The first-order chi connectivity index (χ1) is 8.34. The first-order valence-electron chi connectivity index (χ1n) is 8.10. The van der Waals surface area contributed by atoms with Crippen molar-refractivity contribution >= 4 is 0 Å². The van der Waals surface area contributed by atoms with E-state index in [-0.39, 0.29) is 0 Å². The van der Waals surface area contributed by atoms with E-state index in [4.69, 9.17) is 0 Å². The van der Waals surface area contributed by atoms with Crippen molar-refractivity contribution in [1.82, 2.24) is 5.32 Å². The summed E-state index contributed by atoms with van der Waals surface area (Å²) in [7, 11) is 0. The van der Waals surface area contributed by atoms with Crippen LogP contribution in [0.2, 0.25) is 0 Å². The Morgan fingerprint density at radius 3 is 1.71 bits per heavy atom. The fourth-order valence-electron chi connectivity index (χ4n) is 3.82. The number of rotatable bonds is 5. The van der Waals surface area contributed by atoms with Crippen molar-refractivity contribution in [2.24, 2.45) is 17.8 Å². The zero-order valence-electron chi connectivity index (χ0n) is 11.5. The lowest BCUT2D eigenvalue weighted by Gasteiger charge is -2.29. The first-order valence-corrected chi connectivity index (χ1v) is 8.10. The lowest BCUT2D eigenvalue weighted by molar-refractivity contribution is 0.281. The van der Waals surface area contributed by atoms with E-state index in [0.717, 1.165) is 29.8 Å². The Kier molecular flexibility index (Phi) is 3.75. The summed E-state index contributed by atoms with van der Waals surface area (Å²) in [5.74, 6) is 3.07. The summed E-state index contributed by atoms with van der Waals surface area (Å²) in [4.78, 5) is 0. The minimum Gasteiger partial charge on any atom is -0.311 e. The van der Waals surface area contributed by atoms with Crippen molar-refractivity contribution in [3.63, 3.8) is 0 Å². The first kappa shape index (κ1) is 12.0. The molecule has 0 aromatic carbocycles. The van der Waals surface area contributed by atoms with Gasteiger partial charge in [0.25, 0.3) is 0 Å². The molecule has 0 saturated heterocycles. The van der Waals surface area contributed by atoms with Crippen LogP contribution < -0.4 is 5.32 Å². The molecule has 0 heterocycles. The van der Waals surface area contributed by atoms with E-state index in [1.165, 1.54) is 64.2 Å². The highest BCUT2D eigenvalue weighted by Gasteiger charge is 2.42. The Morgan fingerprint density at radius 1 is 0.706 bits per heavy atom. The summed E-state index contributed by atoms with van der Waals surface area (Å²) in [6.07, 6.45) is 14.9. The monoisotopic (exact) mass is 235 g/mol. The Labute approximate surface area is 107 Å². The molecule has 0 radical (unpaired) electrons. The van der Waals surface area contributed by atoms with Gasteiger partial charge >= 0.3 is 0 Å². The smallest absolute Gasteiger partial charge is 0.0126 e. The van der Waals surface area contributed by atoms with Crippen LogP contribution >= 0.6 is 0 Å². The lowest BCUT2D eigenvalue weighted by atomic mass is 9.91. The second-order valence-electron chi connectivity index (χ2n) is 6.91. The van der Waals surface area contributed by atoms with Crippen LogP contribution in [0.4, 0.5) is 0 Å². The van der Waals surface area contributed by atoms with Crippen LogP contribution in [0, 0.1) is 17.8 Å². The number of hydrogen-bond acceptors (Lipinski definition) is 1. The van der Waals surface area contributed by atoms with Crippen molar-refractivity contribution in [1.29, 1.82) is 0 Å². The minimum absolute atomic E-state index is 0.777. The van der Waals surface area contributed by atoms with Gasteiger partial charge in [0.1, 0.15) is 0 Å². The third-order valence-corrected chi connectivity index (χ3v) is 5.32.